The van der Waals surface area contributed by atoms with Crippen molar-refractivity contribution < 1.29 is 9.69 Å². The fourth-order valence-corrected chi connectivity index (χ4v) is 4.07. The van der Waals surface area contributed by atoms with Crippen LogP contribution in [0.2, 0.25) is 0 Å². The number of amides is 1. The van der Waals surface area contributed by atoms with E-state index >= 15 is 0 Å². The van der Waals surface area contributed by atoms with Crippen molar-refractivity contribution in [3.8, 4) is 0 Å². The SMILES string of the molecule is CCCC(=O)NC[C@H](c1ccc(N(C)C)cc1)[NH+]1CCN(c2ccccc2)CC1. The van der Waals surface area contributed by atoms with Crippen LogP contribution in [0.25, 0.3) is 0 Å². The monoisotopic (exact) mass is 395 g/mol. The number of carbonyl (C=O) groups is 1. The zero-order valence-electron chi connectivity index (χ0n) is 18.0. The van der Waals surface area contributed by atoms with E-state index in [0.717, 1.165) is 32.6 Å². The Morgan fingerprint density at radius 1 is 1.07 bits per heavy atom. The molecule has 0 aliphatic carbocycles. The molecule has 0 aromatic heterocycles. The number of anilines is 2. The summed E-state index contributed by atoms with van der Waals surface area (Å²) in [6.07, 6.45) is 1.49. The molecular weight excluding hydrogens is 360 g/mol. The number of para-hydroxylation sites is 1. The summed E-state index contributed by atoms with van der Waals surface area (Å²) in [4.78, 5) is 18.2. The zero-order chi connectivity index (χ0) is 20.6. The second-order valence-corrected chi connectivity index (χ2v) is 8.07. The number of carbonyl (C=O) groups excluding carboxylic acids is 1. The van der Waals surface area contributed by atoms with Crippen LogP contribution in [0.5, 0.6) is 0 Å². The highest BCUT2D eigenvalue weighted by Crippen LogP contribution is 2.18. The first-order valence-electron chi connectivity index (χ1n) is 10.8. The van der Waals surface area contributed by atoms with Gasteiger partial charge in [0.25, 0.3) is 0 Å². The van der Waals surface area contributed by atoms with Gasteiger partial charge in [0.1, 0.15) is 6.04 Å². The van der Waals surface area contributed by atoms with E-state index in [2.05, 4.69) is 83.8 Å². The van der Waals surface area contributed by atoms with Crippen LogP contribution < -0.4 is 20.0 Å². The molecule has 0 spiro atoms. The predicted molar refractivity (Wildman–Crippen MR) is 121 cm³/mol. The molecule has 0 radical (unpaired) electrons. The number of nitrogens with one attached hydrogen (secondary N) is 2. The summed E-state index contributed by atoms with van der Waals surface area (Å²) in [5.74, 6) is 0.157. The maximum absolute atomic E-state index is 12.1. The average Bonchev–Trinajstić information content (AvgIpc) is 2.75. The Labute approximate surface area is 175 Å². The fourth-order valence-electron chi connectivity index (χ4n) is 4.07. The minimum absolute atomic E-state index is 0.157. The first kappa shape index (κ1) is 21.2. The second-order valence-electron chi connectivity index (χ2n) is 8.07. The molecule has 0 bridgehead atoms. The standard InChI is InChI=1S/C24H34N4O/c1-4-8-24(29)25-19-23(20-11-13-21(14-12-20)26(2)3)28-17-15-27(16-18-28)22-9-6-5-7-10-22/h5-7,9-14,23H,4,8,15-19H2,1-3H3,(H,25,29)/p+1/t23-/m1/s1. The number of nitrogens with zero attached hydrogens (tertiary/aromatic N) is 2. The Balaban J connectivity index is 1.70. The molecule has 0 saturated carbocycles. The van der Waals surface area contributed by atoms with Gasteiger partial charge in [0, 0.05) is 37.5 Å². The summed E-state index contributed by atoms with van der Waals surface area (Å²) in [7, 11) is 4.12. The normalized spacial score (nSPS) is 15.8. The highest BCUT2D eigenvalue weighted by atomic mass is 16.1. The van der Waals surface area contributed by atoms with Gasteiger partial charge in [-0.25, -0.2) is 0 Å². The molecule has 1 heterocycles. The summed E-state index contributed by atoms with van der Waals surface area (Å²) in [5.41, 5.74) is 3.80. The Morgan fingerprint density at radius 2 is 1.72 bits per heavy atom. The van der Waals surface area contributed by atoms with Crippen molar-refractivity contribution in [2.75, 3.05) is 56.6 Å². The smallest absolute Gasteiger partial charge is 0.220 e. The largest absolute Gasteiger partial charge is 0.378 e. The van der Waals surface area contributed by atoms with Crippen LogP contribution in [0.15, 0.2) is 54.6 Å². The molecule has 2 N–H and O–H groups in total. The lowest BCUT2D eigenvalue weighted by molar-refractivity contribution is -0.931. The molecule has 5 heteroatoms. The van der Waals surface area contributed by atoms with Crippen LogP contribution in [-0.4, -0.2) is 52.7 Å². The number of rotatable bonds is 8. The van der Waals surface area contributed by atoms with Gasteiger partial charge in [0.2, 0.25) is 5.91 Å². The van der Waals surface area contributed by atoms with Crippen LogP contribution in [0.4, 0.5) is 11.4 Å². The molecule has 1 aliphatic rings. The minimum Gasteiger partial charge on any atom is -0.378 e. The van der Waals surface area contributed by atoms with E-state index in [1.54, 1.807) is 4.90 Å². The molecule has 0 unspecified atom stereocenters. The molecule has 29 heavy (non-hydrogen) atoms. The van der Waals surface area contributed by atoms with E-state index in [1.807, 2.05) is 6.92 Å². The molecular formula is C24H35N4O+. The number of quaternary nitrogens is 1. The molecule has 2 aromatic rings. The summed E-state index contributed by atoms with van der Waals surface area (Å²) in [5, 5.41) is 3.18. The number of hydrogen-bond donors (Lipinski definition) is 2. The Hall–Kier alpha value is -2.53. The predicted octanol–water partition coefficient (Wildman–Crippen LogP) is 2.12. The quantitative estimate of drug-likeness (QED) is 0.719. The first-order valence-corrected chi connectivity index (χ1v) is 10.8. The number of piperazine rings is 1. The van der Waals surface area contributed by atoms with Crippen molar-refractivity contribution in [3.63, 3.8) is 0 Å². The van der Waals surface area contributed by atoms with Gasteiger partial charge in [-0.2, -0.15) is 0 Å². The van der Waals surface area contributed by atoms with Gasteiger partial charge in [-0.3, -0.25) is 4.79 Å². The lowest BCUT2D eigenvalue weighted by Gasteiger charge is -2.38. The lowest BCUT2D eigenvalue weighted by Crippen LogP contribution is -3.15. The van der Waals surface area contributed by atoms with Gasteiger partial charge < -0.3 is 20.0 Å². The third-order valence-electron chi connectivity index (χ3n) is 5.81. The molecule has 156 valence electrons. The van der Waals surface area contributed by atoms with Gasteiger partial charge in [-0.15, -0.1) is 0 Å². The second kappa shape index (κ2) is 10.3. The van der Waals surface area contributed by atoms with Crippen LogP contribution >= 0.6 is 0 Å². The van der Waals surface area contributed by atoms with Gasteiger partial charge in [-0.05, 0) is 30.7 Å². The molecule has 1 aliphatic heterocycles. The highest BCUT2D eigenvalue weighted by Gasteiger charge is 2.29. The van der Waals surface area contributed by atoms with E-state index < -0.39 is 0 Å². The number of hydrogen-bond acceptors (Lipinski definition) is 3. The minimum atomic E-state index is 0.157. The van der Waals surface area contributed by atoms with E-state index in [-0.39, 0.29) is 11.9 Å². The van der Waals surface area contributed by atoms with Crippen molar-refractivity contribution in [1.29, 1.82) is 0 Å². The Bertz CT molecular complexity index is 752. The maximum Gasteiger partial charge on any atom is 0.220 e. The van der Waals surface area contributed by atoms with E-state index in [4.69, 9.17) is 0 Å². The van der Waals surface area contributed by atoms with Crippen molar-refractivity contribution >= 4 is 17.3 Å². The van der Waals surface area contributed by atoms with Crippen molar-refractivity contribution in [1.82, 2.24) is 5.32 Å². The van der Waals surface area contributed by atoms with Crippen molar-refractivity contribution in [3.05, 3.63) is 60.2 Å². The van der Waals surface area contributed by atoms with Gasteiger partial charge in [-0.1, -0.05) is 37.3 Å². The molecule has 1 atom stereocenters. The summed E-state index contributed by atoms with van der Waals surface area (Å²) >= 11 is 0. The third-order valence-corrected chi connectivity index (χ3v) is 5.81. The molecule has 5 nitrogen and oxygen atoms in total. The highest BCUT2D eigenvalue weighted by molar-refractivity contribution is 5.75. The summed E-state index contributed by atoms with van der Waals surface area (Å²) in [6.45, 7) is 6.95. The topological polar surface area (TPSA) is 40.0 Å². The molecule has 1 saturated heterocycles. The van der Waals surface area contributed by atoms with E-state index in [0.29, 0.717) is 13.0 Å². The lowest BCUT2D eigenvalue weighted by atomic mass is 10.0. The molecule has 1 amide bonds. The van der Waals surface area contributed by atoms with Crippen LogP contribution in [0.3, 0.4) is 0 Å². The van der Waals surface area contributed by atoms with Gasteiger partial charge >= 0.3 is 0 Å². The summed E-state index contributed by atoms with van der Waals surface area (Å²) in [6, 6.07) is 19.7. The first-order chi connectivity index (χ1) is 14.1. The number of benzene rings is 2. The fraction of sp³-hybridized carbons (Fsp3) is 0.458. The Morgan fingerprint density at radius 3 is 2.31 bits per heavy atom. The average molecular weight is 396 g/mol. The van der Waals surface area contributed by atoms with E-state index in [1.165, 1.54) is 16.9 Å². The van der Waals surface area contributed by atoms with E-state index in [9.17, 15) is 4.79 Å². The zero-order valence-corrected chi connectivity index (χ0v) is 18.0. The molecule has 3 rings (SSSR count). The van der Waals surface area contributed by atoms with Crippen LogP contribution in [-0.2, 0) is 4.79 Å². The maximum atomic E-state index is 12.1. The van der Waals surface area contributed by atoms with Crippen molar-refractivity contribution in [2.45, 2.75) is 25.8 Å². The van der Waals surface area contributed by atoms with Crippen LogP contribution in [0.1, 0.15) is 31.4 Å². The third kappa shape index (κ3) is 5.73. The van der Waals surface area contributed by atoms with Crippen molar-refractivity contribution in [2.24, 2.45) is 0 Å². The molecule has 1 fully saturated rings. The Kier molecular flexibility index (Phi) is 7.53. The summed E-state index contributed by atoms with van der Waals surface area (Å²) < 4.78 is 0. The van der Waals surface area contributed by atoms with Crippen LogP contribution in [0, 0.1) is 0 Å². The van der Waals surface area contributed by atoms with Gasteiger partial charge in [0.15, 0.2) is 0 Å². The molecule has 2 aromatic carbocycles. The van der Waals surface area contributed by atoms with Gasteiger partial charge in [0.05, 0.1) is 32.7 Å².